The van der Waals surface area contributed by atoms with Crippen LogP contribution in [0.25, 0.3) is 11.1 Å². The maximum absolute atomic E-state index is 13.3. The molecule has 3 heteroatoms. The van der Waals surface area contributed by atoms with Crippen LogP contribution in [0, 0.1) is 12.7 Å². The second kappa shape index (κ2) is 3.01. The molecule has 0 aliphatic heterocycles. The number of hydrogen-bond donors (Lipinski definition) is 1. The van der Waals surface area contributed by atoms with E-state index in [1.807, 2.05) is 6.92 Å². The summed E-state index contributed by atoms with van der Waals surface area (Å²) in [5.41, 5.74) is 2.41. The molecule has 1 aromatic carbocycles. The number of H-pyrrole nitrogens is 1. The van der Waals surface area contributed by atoms with Crippen molar-refractivity contribution >= 4 is 0 Å². The van der Waals surface area contributed by atoms with Crippen LogP contribution in [0.15, 0.2) is 30.6 Å². The second-order valence-electron chi connectivity index (χ2n) is 2.97. The zero-order valence-electron chi connectivity index (χ0n) is 7.21. The molecule has 0 aliphatic carbocycles. The van der Waals surface area contributed by atoms with E-state index in [-0.39, 0.29) is 5.82 Å². The molecule has 0 radical (unpaired) electrons. The summed E-state index contributed by atoms with van der Waals surface area (Å²) in [4.78, 5) is 0. The lowest BCUT2D eigenvalue weighted by molar-refractivity contribution is 0.631. The van der Waals surface area contributed by atoms with Gasteiger partial charge in [0.15, 0.2) is 0 Å². The van der Waals surface area contributed by atoms with Crippen LogP contribution in [-0.4, -0.2) is 10.2 Å². The maximum atomic E-state index is 13.3. The highest BCUT2D eigenvalue weighted by molar-refractivity contribution is 5.63. The molecule has 0 fully saturated rings. The Morgan fingerprint density at radius 2 is 2.23 bits per heavy atom. The standard InChI is InChI=1S/C10H9FN2/c1-7-2-3-10(11)9(4-7)8-5-12-13-6-8/h2-6H,1H3,(H,12,13). The van der Waals surface area contributed by atoms with E-state index in [9.17, 15) is 4.39 Å². The van der Waals surface area contributed by atoms with Crippen LogP contribution in [0.2, 0.25) is 0 Å². The first-order chi connectivity index (χ1) is 6.27. The first-order valence-corrected chi connectivity index (χ1v) is 4.02. The van der Waals surface area contributed by atoms with Gasteiger partial charge in [0.25, 0.3) is 0 Å². The molecule has 0 aliphatic rings. The predicted octanol–water partition coefficient (Wildman–Crippen LogP) is 2.52. The largest absolute Gasteiger partial charge is 0.285 e. The molecule has 0 unspecified atom stereocenters. The van der Waals surface area contributed by atoms with Crippen molar-refractivity contribution in [3.63, 3.8) is 0 Å². The monoisotopic (exact) mass is 176 g/mol. The topological polar surface area (TPSA) is 28.7 Å². The molecule has 66 valence electrons. The minimum Gasteiger partial charge on any atom is -0.285 e. The number of nitrogens with one attached hydrogen (secondary N) is 1. The lowest BCUT2D eigenvalue weighted by Crippen LogP contribution is -1.83. The summed E-state index contributed by atoms with van der Waals surface area (Å²) in [5, 5.41) is 6.44. The average Bonchev–Trinajstić information content (AvgIpc) is 2.61. The summed E-state index contributed by atoms with van der Waals surface area (Å²) in [7, 11) is 0. The van der Waals surface area contributed by atoms with E-state index >= 15 is 0 Å². The van der Waals surface area contributed by atoms with Gasteiger partial charge in [-0.1, -0.05) is 11.6 Å². The van der Waals surface area contributed by atoms with Crippen LogP contribution in [0.1, 0.15) is 5.56 Å². The number of aromatic nitrogens is 2. The molecular formula is C10H9FN2. The molecule has 1 N–H and O–H groups in total. The lowest BCUT2D eigenvalue weighted by Gasteiger charge is -2.00. The van der Waals surface area contributed by atoms with Gasteiger partial charge in [0, 0.05) is 17.3 Å². The van der Waals surface area contributed by atoms with Crippen molar-refractivity contribution in [2.24, 2.45) is 0 Å². The van der Waals surface area contributed by atoms with Gasteiger partial charge in [-0.15, -0.1) is 0 Å². The molecule has 2 rings (SSSR count). The van der Waals surface area contributed by atoms with Gasteiger partial charge in [-0.25, -0.2) is 4.39 Å². The highest BCUT2D eigenvalue weighted by atomic mass is 19.1. The van der Waals surface area contributed by atoms with E-state index in [2.05, 4.69) is 10.2 Å². The molecular weight excluding hydrogens is 167 g/mol. The Labute approximate surface area is 75.4 Å². The molecule has 1 aromatic heterocycles. The molecule has 0 amide bonds. The third-order valence-corrected chi connectivity index (χ3v) is 1.93. The van der Waals surface area contributed by atoms with Crippen LogP contribution < -0.4 is 0 Å². The molecule has 13 heavy (non-hydrogen) atoms. The average molecular weight is 176 g/mol. The van der Waals surface area contributed by atoms with Crippen molar-refractivity contribution in [1.82, 2.24) is 10.2 Å². The van der Waals surface area contributed by atoms with Gasteiger partial charge in [-0.2, -0.15) is 5.10 Å². The van der Waals surface area contributed by atoms with E-state index in [0.717, 1.165) is 11.1 Å². The minimum absolute atomic E-state index is 0.216. The Hall–Kier alpha value is -1.64. The smallest absolute Gasteiger partial charge is 0.131 e. The normalized spacial score (nSPS) is 10.3. The quantitative estimate of drug-likeness (QED) is 0.710. The molecule has 0 spiro atoms. The number of rotatable bonds is 1. The van der Waals surface area contributed by atoms with Crippen molar-refractivity contribution in [1.29, 1.82) is 0 Å². The number of aromatic amines is 1. The second-order valence-corrected chi connectivity index (χ2v) is 2.97. The third-order valence-electron chi connectivity index (χ3n) is 1.93. The molecule has 0 bridgehead atoms. The van der Waals surface area contributed by atoms with Crippen LogP contribution in [0.5, 0.6) is 0 Å². The predicted molar refractivity (Wildman–Crippen MR) is 48.7 cm³/mol. The van der Waals surface area contributed by atoms with Crippen molar-refractivity contribution < 1.29 is 4.39 Å². The van der Waals surface area contributed by atoms with E-state index in [1.54, 1.807) is 24.5 Å². The van der Waals surface area contributed by atoms with E-state index in [4.69, 9.17) is 0 Å². The summed E-state index contributed by atoms with van der Waals surface area (Å²) < 4.78 is 13.3. The van der Waals surface area contributed by atoms with Crippen molar-refractivity contribution in [3.05, 3.63) is 42.0 Å². The minimum atomic E-state index is -0.216. The summed E-state index contributed by atoms with van der Waals surface area (Å²) in [6.45, 7) is 1.93. The van der Waals surface area contributed by atoms with Crippen LogP contribution in [-0.2, 0) is 0 Å². The van der Waals surface area contributed by atoms with E-state index < -0.39 is 0 Å². The molecule has 0 saturated carbocycles. The highest BCUT2D eigenvalue weighted by Crippen LogP contribution is 2.22. The Bertz CT molecular complexity index is 407. The Morgan fingerprint density at radius 1 is 1.38 bits per heavy atom. The fraction of sp³-hybridized carbons (Fsp3) is 0.100. The number of aryl methyl sites for hydroxylation is 1. The van der Waals surface area contributed by atoms with Crippen molar-refractivity contribution in [2.45, 2.75) is 6.92 Å². The summed E-state index contributed by atoms with van der Waals surface area (Å²) in [5.74, 6) is -0.216. The molecule has 0 atom stereocenters. The number of hydrogen-bond acceptors (Lipinski definition) is 1. The Balaban J connectivity index is 2.57. The summed E-state index contributed by atoms with van der Waals surface area (Å²) in [6.07, 6.45) is 3.29. The molecule has 2 aromatic rings. The van der Waals surface area contributed by atoms with Crippen molar-refractivity contribution in [3.8, 4) is 11.1 Å². The first-order valence-electron chi connectivity index (χ1n) is 4.02. The van der Waals surface area contributed by atoms with Gasteiger partial charge in [0.05, 0.1) is 6.20 Å². The fourth-order valence-corrected chi connectivity index (χ4v) is 1.26. The first kappa shape index (κ1) is 7.98. The van der Waals surface area contributed by atoms with Gasteiger partial charge in [-0.05, 0) is 19.1 Å². The SMILES string of the molecule is Cc1ccc(F)c(-c2cn[nH]c2)c1. The fourth-order valence-electron chi connectivity index (χ4n) is 1.26. The van der Waals surface area contributed by atoms with Crippen molar-refractivity contribution in [2.75, 3.05) is 0 Å². The van der Waals surface area contributed by atoms with Gasteiger partial charge in [0.1, 0.15) is 5.82 Å². The van der Waals surface area contributed by atoms with Crippen LogP contribution >= 0.6 is 0 Å². The van der Waals surface area contributed by atoms with E-state index in [0.29, 0.717) is 5.56 Å². The number of benzene rings is 1. The highest BCUT2D eigenvalue weighted by Gasteiger charge is 2.05. The van der Waals surface area contributed by atoms with Gasteiger partial charge >= 0.3 is 0 Å². The summed E-state index contributed by atoms with van der Waals surface area (Å²) in [6, 6.07) is 5.02. The van der Waals surface area contributed by atoms with Gasteiger partial charge < -0.3 is 0 Å². The van der Waals surface area contributed by atoms with Crippen LogP contribution in [0.4, 0.5) is 4.39 Å². The molecule has 1 heterocycles. The Morgan fingerprint density at radius 3 is 2.92 bits per heavy atom. The van der Waals surface area contributed by atoms with Gasteiger partial charge in [-0.3, -0.25) is 5.10 Å². The Kier molecular flexibility index (Phi) is 1.85. The molecule has 0 saturated heterocycles. The lowest BCUT2D eigenvalue weighted by atomic mass is 10.1. The third kappa shape index (κ3) is 1.45. The van der Waals surface area contributed by atoms with Gasteiger partial charge in [0.2, 0.25) is 0 Å². The summed E-state index contributed by atoms with van der Waals surface area (Å²) >= 11 is 0. The maximum Gasteiger partial charge on any atom is 0.131 e. The number of nitrogens with zero attached hydrogens (tertiary/aromatic N) is 1. The van der Waals surface area contributed by atoms with E-state index in [1.165, 1.54) is 6.07 Å². The van der Waals surface area contributed by atoms with Crippen LogP contribution in [0.3, 0.4) is 0 Å². The zero-order chi connectivity index (χ0) is 9.26. The zero-order valence-corrected chi connectivity index (χ0v) is 7.21. The number of halogens is 1. The molecule has 2 nitrogen and oxygen atoms in total.